The van der Waals surface area contributed by atoms with Gasteiger partial charge in [-0.25, -0.2) is 0 Å². The van der Waals surface area contributed by atoms with Gasteiger partial charge in [-0.2, -0.15) is 0 Å². The minimum Gasteiger partial charge on any atom is -0.399 e. The number of amides is 1. The normalized spacial score (nSPS) is 10.4. The fraction of sp³-hybridized carbons (Fsp3) is 0. The first-order valence-electron chi connectivity index (χ1n) is 5.39. The third-order valence-electron chi connectivity index (χ3n) is 2.48. The lowest BCUT2D eigenvalue weighted by molar-refractivity contribution is 0.102. The first kappa shape index (κ1) is 16.1. The van der Waals surface area contributed by atoms with E-state index in [1.54, 1.807) is 30.3 Å². The summed E-state index contributed by atoms with van der Waals surface area (Å²) in [5, 5.41) is 3.36. The molecule has 0 unspecified atom stereocenters. The molecule has 0 radical (unpaired) electrons. The van der Waals surface area contributed by atoms with Gasteiger partial charge in [0.2, 0.25) is 0 Å². The summed E-state index contributed by atoms with van der Waals surface area (Å²) < 4.78 is 2.23. The first-order valence-corrected chi connectivity index (χ1v) is 8.43. The van der Waals surface area contributed by atoms with Crippen LogP contribution in [0, 0.1) is 3.57 Å². The molecule has 0 aliphatic heterocycles. The molecule has 0 bridgehead atoms. The Morgan fingerprint density at radius 3 is 2.40 bits per heavy atom. The highest BCUT2D eigenvalue weighted by Gasteiger charge is 2.14. The molecule has 3 N–H and O–H groups in total. The van der Waals surface area contributed by atoms with E-state index in [0.717, 1.165) is 3.57 Å². The van der Waals surface area contributed by atoms with Gasteiger partial charge in [-0.05, 0) is 84.8 Å². The van der Waals surface area contributed by atoms with Crippen molar-refractivity contribution < 1.29 is 4.79 Å². The lowest BCUT2D eigenvalue weighted by atomic mass is 10.2. The van der Waals surface area contributed by atoms with E-state index < -0.39 is 0 Å². The van der Waals surface area contributed by atoms with E-state index in [9.17, 15) is 4.79 Å². The molecular weight excluding hydrogens is 522 g/mol. The largest absolute Gasteiger partial charge is 0.399 e. The Balaban J connectivity index is 2.35. The number of nitrogens with two attached hydrogens (primary N) is 1. The van der Waals surface area contributed by atoms with Crippen LogP contribution in [-0.4, -0.2) is 5.91 Å². The summed E-state index contributed by atoms with van der Waals surface area (Å²) in [5.41, 5.74) is 7.47. The van der Waals surface area contributed by atoms with Crippen molar-refractivity contribution in [3.63, 3.8) is 0 Å². The quantitative estimate of drug-likeness (QED) is 0.409. The number of hydrogen-bond donors (Lipinski definition) is 2. The van der Waals surface area contributed by atoms with Crippen LogP contribution in [0.25, 0.3) is 0 Å². The van der Waals surface area contributed by atoms with E-state index in [2.05, 4.69) is 59.8 Å². The third kappa shape index (κ3) is 3.66. The fourth-order valence-corrected chi connectivity index (χ4v) is 3.74. The Bertz CT molecular complexity index is 671. The highest BCUT2D eigenvalue weighted by molar-refractivity contribution is 14.1. The van der Waals surface area contributed by atoms with Crippen molar-refractivity contribution in [1.29, 1.82) is 0 Å². The van der Waals surface area contributed by atoms with E-state index in [1.165, 1.54) is 0 Å². The van der Waals surface area contributed by atoms with Crippen LogP contribution in [0.4, 0.5) is 11.4 Å². The molecule has 2 aromatic rings. The zero-order chi connectivity index (χ0) is 14.9. The predicted molar refractivity (Wildman–Crippen MR) is 98.4 cm³/mol. The monoisotopic (exact) mass is 528 g/mol. The maximum atomic E-state index is 12.3. The number of rotatable bonds is 2. The minimum atomic E-state index is -0.233. The van der Waals surface area contributed by atoms with Crippen molar-refractivity contribution in [3.8, 4) is 0 Å². The van der Waals surface area contributed by atoms with Gasteiger partial charge in [0.25, 0.3) is 5.91 Å². The van der Waals surface area contributed by atoms with Crippen molar-refractivity contribution >= 4 is 83.3 Å². The van der Waals surface area contributed by atoms with Crippen LogP contribution >= 0.6 is 66.1 Å². The first-order chi connectivity index (χ1) is 9.38. The van der Waals surface area contributed by atoms with Crippen LogP contribution in [-0.2, 0) is 0 Å². The summed E-state index contributed by atoms with van der Waals surface area (Å²) in [7, 11) is 0. The topological polar surface area (TPSA) is 55.1 Å². The van der Waals surface area contributed by atoms with E-state index in [4.69, 9.17) is 17.3 Å². The number of anilines is 2. The molecule has 2 aromatic carbocycles. The minimum absolute atomic E-state index is 0.233. The zero-order valence-electron chi connectivity index (χ0n) is 9.88. The van der Waals surface area contributed by atoms with Crippen LogP contribution in [0.3, 0.4) is 0 Å². The Labute approximate surface area is 151 Å². The summed E-state index contributed by atoms with van der Waals surface area (Å²) in [6, 6.07) is 8.63. The van der Waals surface area contributed by atoms with E-state index in [0.29, 0.717) is 30.9 Å². The number of nitrogen functional groups attached to an aromatic ring is 1. The van der Waals surface area contributed by atoms with Gasteiger partial charge in [-0.15, -0.1) is 0 Å². The van der Waals surface area contributed by atoms with Gasteiger partial charge in [0.15, 0.2) is 0 Å². The fourth-order valence-electron chi connectivity index (χ4n) is 1.56. The second kappa shape index (κ2) is 6.64. The summed E-state index contributed by atoms with van der Waals surface area (Å²) in [4.78, 5) is 12.3. The molecule has 20 heavy (non-hydrogen) atoms. The highest BCUT2D eigenvalue weighted by Crippen LogP contribution is 2.34. The van der Waals surface area contributed by atoms with Crippen molar-refractivity contribution in [2.24, 2.45) is 0 Å². The zero-order valence-corrected chi connectivity index (χ0v) is 16.0. The molecule has 1 amide bonds. The number of hydrogen-bond acceptors (Lipinski definition) is 2. The van der Waals surface area contributed by atoms with Gasteiger partial charge in [0.05, 0.1) is 11.3 Å². The van der Waals surface area contributed by atoms with Gasteiger partial charge in [0.1, 0.15) is 0 Å². The Morgan fingerprint density at radius 1 is 1.20 bits per heavy atom. The van der Waals surface area contributed by atoms with Crippen LogP contribution in [0.5, 0.6) is 0 Å². The van der Waals surface area contributed by atoms with E-state index >= 15 is 0 Å². The number of halogens is 4. The van der Waals surface area contributed by atoms with Crippen LogP contribution in [0.15, 0.2) is 39.3 Å². The molecule has 0 spiro atoms. The van der Waals surface area contributed by atoms with Gasteiger partial charge < -0.3 is 11.1 Å². The lowest BCUT2D eigenvalue weighted by Crippen LogP contribution is -2.14. The van der Waals surface area contributed by atoms with Crippen LogP contribution in [0.2, 0.25) is 5.02 Å². The lowest BCUT2D eigenvalue weighted by Gasteiger charge is -2.11. The van der Waals surface area contributed by atoms with Crippen molar-refractivity contribution in [3.05, 3.63) is 53.4 Å². The summed E-state index contributed by atoms with van der Waals surface area (Å²) in [6.45, 7) is 0. The second-order valence-electron chi connectivity index (χ2n) is 3.94. The molecule has 0 atom stereocenters. The molecule has 7 heteroatoms. The standard InChI is InChI=1S/C13H8Br2ClIN2O/c14-9-4-7(18)5-10(15)12(9)19-13(20)8-3-6(16)1-2-11(8)17/h1-5H,18H2,(H,19,20). The van der Waals surface area contributed by atoms with E-state index in [-0.39, 0.29) is 5.91 Å². The molecule has 0 aliphatic carbocycles. The molecule has 0 fully saturated rings. The molecule has 0 aromatic heterocycles. The Morgan fingerprint density at radius 2 is 1.80 bits per heavy atom. The molecule has 0 saturated heterocycles. The number of carbonyl (C=O) groups excluding carboxylic acids is 1. The van der Waals surface area contributed by atoms with Crippen molar-refractivity contribution in [1.82, 2.24) is 0 Å². The van der Waals surface area contributed by atoms with Crippen LogP contribution < -0.4 is 11.1 Å². The highest BCUT2D eigenvalue weighted by atomic mass is 127. The SMILES string of the molecule is Nc1cc(Br)c(NC(=O)c2cc(Cl)ccc2I)c(Br)c1. The van der Waals surface area contributed by atoms with Gasteiger partial charge in [0, 0.05) is 23.2 Å². The van der Waals surface area contributed by atoms with Crippen LogP contribution in [0.1, 0.15) is 10.4 Å². The maximum Gasteiger partial charge on any atom is 0.256 e. The second-order valence-corrected chi connectivity index (χ2v) is 7.25. The molecule has 0 aliphatic rings. The predicted octanol–water partition coefficient (Wildman–Crippen LogP) is 5.30. The maximum absolute atomic E-state index is 12.3. The summed E-state index contributed by atoms with van der Waals surface area (Å²) in [5.74, 6) is -0.233. The van der Waals surface area contributed by atoms with Crippen molar-refractivity contribution in [2.75, 3.05) is 11.1 Å². The average Bonchev–Trinajstić information content (AvgIpc) is 2.36. The summed E-state index contributed by atoms with van der Waals surface area (Å²) in [6.07, 6.45) is 0. The summed E-state index contributed by atoms with van der Waals surface area (Å²) >= 11 is 14.8. The third-order valence-corrected chi connectivity index (χ3v) is 4.90. The van der Waals surface area contributed by atoms with Crippen molar-refractivity contribution in [2.45, 2.75) is 0 Å². The Kier molecular flexibility index (Phi) is 5.33. The van der Waals surface area contributed by atoms with Gasteiger partial charge >= 0.3 is 0 Å². The Hall–Kier alpha value is -0.310. The molecule has 3 nitrogen and oxygen atoms in total. The van der Waals surface area contributed by atoms with Gasteiger partial charge in [-0.1, -0.05) is 11.6 Å². The molecule has 104 valence electrons. The number of nitrogens with one attached hydrogen (secondary N) is 1. The molecule has 0 heterocycles. The number of carbonyl (C=O) groups is 1. The smallest absolute Gasteiger partial charge is 0.256 e. The van der Waals surface area contributed by atoms with Gasteiger partial charge in [-0.3, -0.25) is 4.79 Å². The average molecular weight is 530 g/mol. The molecule has 2 rings (SSSR count). The van der Waals surface area contributed by atoms with E-state index in [1.807, 2.05) is 0 Å². The molecule has 0 saturated carbocycles. The number of benzene rings is 2. The molecular formula is C13H8Br2ClIN2O.